The molecule has 0 unspecified atom stereocenters. The molecule has 3 heterocycles. The van der Waals surface area contributed by atoms with Crippen LogP contribution in [0, 0.1) is 0 Å². The number of nitrogens with zero attached hydrogens (tertiary/aromatic N) is 4. The summed E-state index contributed by atoms with van der Waals surface area (Å²) in [6, 6.07) is 54.3. The van der Waals surface area contributed by atoms with E-state index in [0.29, 0.717) is 0 Å². The molecule has 0 amide bonds. The van der Waals surface area contributed by atoms with Crippen LogP contribution in [-0.2, 0) is 0 Å². The average molecular weight is 562 g/mol. The van der Waals surface area contributed by atoms with Crippen molar-refractivity contribution >= 4 is 57.2 Å². The van der Waals surface area contributed by atoms with Gasteiger partial charge in [-0.2, -0.15) is 0 Å². The van der Waals surface area contributed by atoms with E-state index in [2.05, 4.69) is 160 Å². The standard InChI is InChI=1S/C39H27BN4/c1-4-14-29(15-5-1)42-25-24-41-39(42)28-26-36-38-37(27-28)44(31-18-8-3-9-19-31)35-23-13-11-21-33(35)40(38)32-20-10-12-22-34(32)43(36)30-16-6-2-7-17-30/h1-27H. The second-order valence-electron chi connectivity index (χ2n) is 11.3. The van der Waals surface area contributed by atoms with Crippen LogP contribution in [0.5, 0.6) is 0 Å². The summed E-state index contributed by atoms with van der Waals surface area (Å²) in [5.41, 5.74) is 13.1. The lowest BCUT2D eigenvalue weighted by atomic mass is 9.33. The molecule has 9 rings (SSSR count). The molecule has 5 heteroatoms. The number of rotatable bonds is 4. The smallest absolute Gasteiger partial charge is 0.252 e. The first-order valence-corrected chi connectivity index (χ1v) is 15.0. The molecule has 4 nitrogen and oxygen atoms in total. The number of para-hydroxylation sites is 5. The van der Waals surface area contributed by atoms with E-state index in [1.54, 1.807) is 0 Å². The molecular weight excluding hydrogens is 535 g/mol. The third kappa shape index (κ3) is 3.69. The summed E-state index contributed by atoms with van der Waals surface area (Å²) in [6.07, 6.45) is 3.94. The largest absolute Gasteiger partial charge is 0.311 e. The summed E-state index contributed by atoms with van der Waals surface area (Å²) in [6.45, 7) is 0.0928. The van der Waals surface area contributed by atoms with Crippen LogP contribution in [0.15, 0.2) is 164 Å². The number of fused-ring (bicyclic) bond motifs is 4. The minimum Gasteiger partial charge on any atom is -0.311 e. The number of anilines is 6. The number of imidazole rings is 1. The van der Waals surface area contributed by atoms with Crippen LogP contribution < -0.4 is 26.2 Å². The van der Waals surface area contributed by atoms with Gasteiger partial charge in [0.25, 0.3) is 6.71 Å². The van der Waals surface area contributed by atoms with Crippen molar-refractivity contribution in [2.45, 2.75) is 0 Å². The average Bonchev–Trinajstić information content (AvgIpc) is 3.59. The molecule has 2 aliphatic rings. The normalized spacial score (nSPS) is 12.9. The summed E-state index contributed by atoms with van der Waals surface area (Å²) in [7, 11) is 0. The Labute approximate surface area is 257 Å². The summed E-state index contributed by atoms with van der Waals surface area (Å²) < 4.78 is 2.18. The Balaban J connectivity index is 1.40. The second-order valence-corrected chi connectivity index (χ2v) is 11.3. The number of hydrogen-bond donors (Lipinski definition) is 0. The summed E-state index contributed by atoms with van der Waals surface area (Å²) in [5, 5.41) is 0. The Morgan fingerprint density at radius 2 is 0.909 bits per heavy atom. The van der Waals surface area contributed by atoms with Gasteiger partial charge in [0, 0.05) is 57.8 Å². The van der Waals surface area contributed by atoms with Gasteiger partial charge in [-0.05, 0) is 77.1 Å². The van der Waals surface area contributed by atoms with Crippen LogP contribution in [-0.4, -0.2) is 16.3 Å². The predicted octanol–water partition coefficient (Wildman–Crippen LogP) is 7.62. The van der Waals surface area contributed by atoms with Gasteiger partial charge in [-0.3, -0.25) is 4.57 Å². The van der Waals surface area contributed by atoms with E-state index in [9.17, 15) is 0 Å². The lowest BCUT2D eigenvalue weighted by molar-refractivity contribution is 1.07. The maximum atomic E-state index is 4.93. The van der Waals surface area contributed by atoms with Crippen LogP contribution >= 0.6 is 0 Å². The quantitative estimate of drug-likeness (QED) is 0.206. The highest BCUT2D eigenvalue weighted by Gasteiger charge is 2.43. The first-order chi connectivity index (χ1) is 21.9. The van der Waals surface area contributed by atoms with Gasteiger partial charge in [-0.25, -0.2) is 4.98 Å². The van der Waals surface area contributed by atoms with E-state index in [0.717, 1.165) is 28.5 Å². The molecule has 0 bridgehead atoms. The fourth-order valence-electron chi connectivity index (χ4n) is 7.05. The van der Waals surface area contributed by atoms with Crippen LogP contribution in [0.25, 0.3) is 17.1 Å². The molecule has 0 saturated heterocycles. The number of hydrogen-bond acceptors (Lipinski definition) is 3. The predicted molar refractivity (Wildman–Crippen MR) is 183 cm³/mol. The number of benzene rings is 6. The molecule has 0 radical (unpaired) electrons. The van der Waals surface area contributed by atoms with Gasteiger partial charge in [0.2, 0.25) is 0 Å². The minimum atomic E-state index is 0.0928. The molecule has 2 aliphatic heterocycles. The third-order valence-corrected chi connectivity index (χ3v) is 8.85. The molecule has 7 aromatic rings. The summed E-state index contributed by atoms with van der Waals surface area (Å²) in [5.74, 6) is 0.908. The molecular formula is C39H27BN4. The molecule has 6 aromatic carbocycles. The Bertz CT molecular complexity index is 2030. The second kappa shape index (κ2) is 9.89. The first kappa shape index (κ1) is 24.8. The Kier molecular flexibility index (Phi) is 5.57. The van der Waals surface area contributed by atoms with E-state index in [1.165, 1.54) is 39.1 Å². The maximum Gasteiger partial charge on any atom is 0.252 e. The first-order valence-electron chi connectivity index (χ1n) is 15.0. The Morgan fingerprint density at radius 3 is 1.43 bits per heavy atom. The van der Waals surface area contributed by atoms with E-state index < -0.39 is 0 Å². The van der Waals surface area contributed by atoms with Crippen LogP contribution in [0.1, 0.15) is 0 Å². The van der Waals surface area contributed by atoms with Crippen LogP contribution in [0.4, 0.5) is 34.1 Å². The van der Waals surface area contributed by atoms with E-state index in [-0.39, 0.29) is 6.71 Å². The molecule has 0 spiro atoms. The highest BCUT2D eigenvalue weighted by molar-refractivity contribution is 7.00. The van der Waals surface area contributed by atoms with E-state index >= 15 is 0 Å². The zero-order valence-corrected chi connectivity index (χ0v) is 24.0. The van der Waals surface area contributed by atoms with Gasteiger partial charge in [0.1, 0.15) is 5.82 Å². The number of aromatic nitrogens is 2. The zero-order valence-electron chi connectivity index (χ0n) is 24.0. The molecule has 0 fully saturated rings. The van der Waals surface area contributed by atoms with Crippen molar-refractivity contribution in [2.24, 2.45) is 0 Å². The van der Waals surface area contributed by atoms with Gasteiger partial charge in [-0.1, -0.05) is 91.0 Å². The van der Waals surface area contributed by atoms with E-state index in [1.807, 2.05) is 18.5 Å². The van der Waals surface area contributed by atoms with Gasteiger partial charge >= 0.3 is 0 Å². The summed E-state index contributed by atoms with van der Waals surface area (Å²) in [4.78, 5) is 9.80. The van der Waals surface area contributed by atoms with Gasteiger partial charge in [-0.15, -0.1) is 0 Å². The third-order valence-electron chi connectivity index (χ3n) is 8.85. The van der Waals surface area contributed by atoms with Gasteiger partial charge in [0.05, 0.1) is 0 Å². The Hall–Kier alpha value is -5.81. The van der Waals surface area contributed by atoms with Crippen molar-refractivity contribution in [3.63, 3.8) is 0 Å². The fraction of sp³-hybridized carbons (Fsp3) is 0. The summed E-state index contributed by atoms with van der Waals surface area (Å²) >= 11 is 0. The Morgan fingerprint density at radius 1 is 0.455 bits per heavy atom. The van der Waals surface area contributed by atoms with Gasteiger partial charge < -0.3 is 9.80 Å². The van der Waals surface area contributed by atoms with Crippen molar-refractivity contribution in [1.29, 1.82) is 0 Å². The van der Waals surface area contributed by atoms with Gasteiger partial charge in [0.15, 0.2) is 0 Å². The minimum absolute atomic E-state index is 0.0928. The fourth-order valence-corrected chi connectivity index (χ4v) is 7.05. The molecule has 44 heavy (non-hydrogen) atoms. The lowest BCUT2D eigenvalue weighted by Crippen LogP contribution is -2.61. The van der Waals surface area contributed by atoms with Crippen molar-refractivity contribution in [1.82, 2.24) is 9.55 Å². The van der Waals surface area contributed by atoms with Crippen molar-refractivity contribution < 1.29 is 0 Å². The molecule has 206 valence electrons. The highest BCUT2D eigenvalue weighted by atomic mass is 15.2. The molecule has 0 atom stereocenters. The van der Waals surface area contributed by atoms with Crippen LogP contribution in [0.2, 0.25) is 0 Å². The molecule has 0 aliphatic carbocycles. The highest BCUT2D eigenvalue weighted by Crippen LogP contribution is 2.45. The monoisotopic (exact) mass is 562 g/mol. The van der Waals surface area contributed by atoms with E-state index in [4.69, 9.17) is 4.98 Å². The zero-order chi connectivity index (χ0) is 29.0. The molecule has 0 saturated carbocycles. The van der Waals surface area contributed by atoms with Crippen molar-refractivity contribution in [3.05, 3.63) is 164 Å². The molecule has 1 aromatic heterocycles. The topological polar surface area (TPSA) is 24.3 Å². The van der Waals surface area contributed by atoms with Crippen LogP contribution in [0.3, 0.4) is 0 Å². The maximum absolute atomic E-state index is 4.93. The SMILES string of the molecule is c1ccc(N2c3ccccc3B3c4ccccc4N(c4ccccc4)c4cc(-c5nccn5-c5ccccc5)cc2c43)cc1. The lowest BCUT2D eigenvalue weighted by Gasteiger charge is -2.44. The molecule has 0 N–H and O–H groups in total. The van der Waals surface area contributed by atoms with Crippen molar-refractivity contribution in [3.8, 4) is 17.1 Å². The van der Waals surface area contributed by atoms with Crippen molar-refractivity contribution in [2.75, 3.05) is 9.80 Å².